The van der Waals surface area contributed by atoms with Gasteiger partial charge < -0.3 is 0 Å². The standard InChI is InChI=1S/C16H35N3O/c1-8-17(9-2)13-19(14-18(10-3)11-4)12-15(20)16(5,6)7/h8-14H2,1-7H3. The van der Waals surface area contributed by atoms with E-state index in [0.717, 1.165) is 39.5 Å². The van der Waals surface area contributed by atoms with E-state index in [-0.39, 0.29) is 5.41 Å². The molecule has 4 nitrogen and oxygen atoms in total. The zero-order valence-corrected chi connectivity index (χ0v) is 14.7. The van der Waals surface area contributed by atoms with E-state index in [9.17, 15) is 4.79 Å². The molecule has 0 aromatic carbocycles. The first kappa shape index (κ1) is 19.6. The molecule has 0 aliphatic heterocycles. The molecule has 0 aliphatic carbocycles. The van der Waals surface area contributed by atoms with Crippen molar-refractivity contribution in [2.75, 3.05) is 46.1 Å². The van der Waals surface area contributed by atoms with Crippen LogP contribution in [0.15, 0.2) is 0 Å². The van der Waals surface area contributed by atoms with Crippen molar-refractivity contribution in [1.29, 1.82) is 0 Å². The maximum Gasteiger partial charge on any atom is 0.152 e. The Morgan fingerprint density at radius 1 is 0.750 bits per heavy atom. The van der Waals surface area contributed by atoms with Crippen molar-refractivity contribution < 1.29 is 4.79 Å². The first-order chi connectivity index (χ1) is 9.28. The van der Waals surface area contributed by atoms with Crippen molar-refractivity contribution in [1.82, 2.24) is 14.7 Å². The normalized spacial score (nSPS) is 12.7. The van der Waals surface area contributed by atoms with Crippen LogP contribution >= 0.6 is 0 Å². The summed E-state index contributed by atoms with van der Waals surface area (Å²) in [5.74, 6) is 0.316. The topological polar surface area (TPSA) is 26.8 Å². The van der Waals surface area contributed by atoms with E-state index in [4.69, 9.17) is 0 Å². The van der Waals surface area contributed by atoms with Crippen LogP contribution in [0.1, 0.15) is 48.5 Å². The highest BCUT2D eigenvalue weighted by Crippen LogP contribution is 2.15. The lowest BCUT2D eigenvalue weighted by molar-refractivity contribution is -0.128. The average Bonchev–Trinajstić information content (AvgIpc) is 2.40. The van der Waals surface area contributed by atoms with Crippen molar-refractivity contribution in [2.24, 2.45) is 5.41 Å². The summed E-state index contributed by atoms with van der Waals surface area (Å²) in [6, 6.07) is 0. The molecular formula is C16H35N3O. The first-order valence-corrected chi connectivity index (χ1v) is 7.98. The predicted octanol–water partition coefficient (Wildman–Crippen LogP) is 2.50. The van der Waals surface area contributed by atoms with E-state index in [1.165, 1.54) is 0 Å². The SMILES string of the molecule is CCN(CC)CN(CC(=O)C(C)(C)C)CN(CC)CC. The van der Waals surface area contributed by atoms with Crippen LogP contribution in [-0.4, -0.2) is 66.5 Å². The summed E-state index contributed by atoms with van der Waals surface area (Å²) in [5, 5.41) is 0. The van der Waals surface area contributed by atoms with Gasteiger partial charge in [0, 0.05) is 5.41 Å². The van der Waals surface area contributed by atoms with E-state index in [1.54, 1.807) is 0 Å². The van der Waals surface area contributed by atoms with Crippen LogP contribution in [-0.2, 0) is 4.79 Å². The minimum atomic E-state index is -0.259. The fourth-order valence-electron chi connectivity index (χ4n) is 2.00. The monoisotopic (exact) mass is 285 g/mol. The molecule has 0 aromatic rings. The second-order valence-corrected chi connectivity index (χ2v) is 6.39. The van der Waals surface area contributed by atoms with Gasteiger partial charge in [0.05, 0.1) is 19.9 Å². The summed E-state index contributed by atoms with van der Waals surface area (Å²) in [6.45, 7) is 21.1. The molecule has 0 fully saturated rings. The molecule has 4 heteroatoms. The molecule has 0 rings (SSSR count). The van der Waals surface area contributed by atoms with Crippen LogP contribution in [0.5, 0.6) is 0 Å². The van der Waals surface area contributed by atoms with Crippen molar-refractivity contribution in [3.8, 4) is 0 Å². The van der Waals surface area contributed by atoms with Gasteiger partial charge in [-0.1, -0.05) is 48.5 Å². The Kier molecular flexibility index (Phi) is 9.27. The molecule has 0 saturated carbocycles. The molecule has 0 aromatic heterocycles. The van der Waals surface area contributed by atoms with Gasteiger partial charge in [-0.15, -0.1) is 0 Å². The van der Waals surface area contributed by atoms with Crippen LogP contribution in [0.4, 0.5) is 0 Å². The Balaban J connectivity index is 4.73. The number of nitrogens with zero attached hydrogens (tertiary/aromatic N) is 3. The summed E-state index contributed by atoms with van der Waals surface area (Å²) in [5.41, 5.74) is -0.259. The van der Waals surface area contributed by atoms with Gasteiger partial charge in [-0.3, -0.25) is 19.5 Å². The van der Waals surface area contributed by atoms with Gasteiger partial charge in [0.1, 0.15) is 0 Å². The third-order valence-electron chi connectivity index (χ3n) is 3.79. The highest BCUT2D eigenvalue weighted by molar-refractivity contribution is 5.85. The second kappa shape index (κ2) is 9.48. The Morgan fingerprint density at radius 3 is 1.35 bits per heavy atom. The lowest BCUT2D eigenvalue weighted by atomic mass is 9.90. The number of hydrogen-bond acceptors (Lipinski definition) is 4. The largest absolute Gasteiger partial charge is 0.298 e. The van der Waals surface area contributed by atoms with Gasteiger partial charge in [0.2, 0.25) is 0 Å². The molecule has 0 radical (unpaired) electrons. The molecule has 0 amide bonds. The van der Waals surface area contributed by atoms with Gasteiger partial charge in [0.15, 0.2) is 5.78 Å². The van der Waals surface area contributed by atoms with Gasteiger partial charge in [0.25, 0.3) is 0 Å². The molecule has 0 heterocycles. The molecule has 120 valence electrons. The fraction of sp³-hybridized carbons (Fsp3) is 0.938. The smallest absolute Gasteiger partial charge is 0.152 e. The zero-order chi connectivity index (χ0) is 15.8. The third-order valence-corrected chi connectivity index (χ3v) is 3.79. The summed E-state index contributed by atoms with van der Waals surface area (Å²) in [6.07, 6.45) is 0. The van der Waals surface area contributed by atoms with Crippen LogP contribution in [0, 0.1) is 5.41 Å². The lowest BCUT2D eigenvalue weighted by Gasteiger charge is -2.34. The molecular weight excluding hydrogens is 250 g/mol. The van der Waals surface area contributed by atoms with Crippen molar-refractivity contribution in [3.63, 3.8) is 0 Å². The minimum absolute atomic E-state index is 0.259. The molecule has 0 aliphatic rings. The van der Waals surface area contributed by atoms with E-state index in [2.05, 4.69) is 42.4 Å². The second-order valence-electron chi connectivity index (χ2n) is 6.39. The summed E-state index contributed by atoms with van der Waals surface area (Å²) in [7, 11) is 0. The molecule has 20 heavy (non-hydrogen) atoms. The highest BCUT2D eigenvalue weighted by Gasteiger charge is 2.24. The summed E-state index contributed by atoms with van der Waals surface area (Å²) >= 11 is 0. The number of Topliss-reactive ketones (excluding diaryl/α,β-unsaturated/α-hetero) is 1. The van der Waals surface area contributed by atoms with E-state index < -0.39 is 0 Å². The van der Waals surface area contributed by atoms with Gasteiger partial charge in [-0.05, 0) is 26.2 Å². The molecule has 0 unspecified atom stereocenters. The molecule has 0 bridgehead atoms. The van der Waals surface area contributed by atoms with Crippen molar-refractivity contribution in [3.05, 3.63) is 0 Å². The summed E-state index contributed by atoms with van der Waals surface area (Å²) < 4.78 is 0. The zero-order valence-electron chi connectivity index (χ0n) is 14.7. The fourth-order valence-corrected chi connectivity index (χ4v) is 2.00. The number of ketones is 1. The Hall–Kier alpha value is -0.450. The van der Waals surface area contributed by atoms with Gasteiger partial charge in [-0.25, -0.2) is 0 Å². The van der Waals surface area contributed by atoms with Crippen LogP contribution in [0.2, 0.25) is 0 Å². The molecule has 0 N–H and O–H groups in total. The molecule has 0 spiro atoms. The van der Waals surface area contributed by atoms with Crippen molar-refractivity contribution in [2.45, 2.75) is 48.5 Å². The van der Waals surface area contributed by atoms with E-state index in [1.807, 2.05) is 20.8 Å². The number of hydrogen-bond donors (Lipinski definition) is 0. The first-order valence-electron chi connectivity index (χ1n) is 7.98. The minimum Gasteiger partial charge on any atom is -0.298 e. The Bertz CT molecular complexity index is 251. The highest BCUT2D eigenvalue weighted by atomic mass is 16.1. The molecule has 0 atom stereocenters. The lowest BCUT2D eigenvalue weighted by Crippen LogP contribution is -2.47. The van der Waals surface area contributed by atoms with E-state index in [0.29, 0.717) is 12.3 Å². The number of carbonyl (C=O) groups is 1. The molecule has 0 saturated heterocycles. The maximum atomic E-state index is 12.3. The van der Waals surface area contributed by atoms with Crippen LogP contribution in [0.3, 0.4) is 0 Å². The van der Waals surface area contributed by atoms with Crippen molar-refractivity contribution >= 4 is 5.78 Å². The summed E-state index contributed by atoms with van der Waals surface area (Å²) in [4.78, 5) is 19.3. The quantitative estimate of drug-likeness (QED) is 0.576. The van der Waals surface area contributed by atoms with Crippen LogP contribution < -0.4 is 0 Å². The number of rotatable bonds is 10. The van der Waals surface area contributed by atoms with E-state index >= 15 is 0 Å². The predicted molar refractivity (Wildman–Crippen MR) is 86.7 cm³/mol. The van der Waals surface area contributed by atoms with Crippen LogP contribution in [0.25, 0.3) is 0 Å². The average molecular weight is 285 g/mol. The third kappa shape index (κ3) is 7.36. The van der Waals surface area contributed by atoms with Gasteiger partial charge >= 0.3 is 0 Å². The number of carbonyl (C=O) groups excluding carboxylic acids is 1. The Labute approximate surface area is 126 Å². The maximum absolute atomic E-state index is 12.3. The Morgan fingerprint density at radius 2 is 1.10 bits per heavy atom. The van der Waals surface area contributed by atoms with Gasteiger partial charge in [-0.2, -0.15) is 0 Å².